The molecular weight excluding hydrogens is 268 g/mol. The number of primary amides is 1. The van der Waals surface area contributed by atoms with Gasteiger partial charge in [0.1, 0.15) is 6.61 Å². The summed E-state index contributed by atoms with van der Waals surface area (Å²) in [6, 6.07) is 14.0. The predicted octanol–water partition coefficient (Wildman–Crippen LogP) is 2.24. The van der Waals surface area contributed by atoms with Crippen molar-refractivity contribution in [2.24, 2.45) is 5.73 Å². The van der Waals surface area contributed by atoms with Gasteiger partial charge in [0.2, 0.25) is 5.91 Å². The molecule has 21 heavy (non-hydrogen) atoms. The van der Waals surface area contributed by atoms with Crippen LogP contribution in [0.2, 0.25) is 0 Å². The first-order valence-corrected chi connectivity index (χ1v) is 6.24. The Morgan fingerprint density at radius 2 is 2.00 bits per heavy atom. The SMILES string of the molecule is COc1cc(C(N)=O)ccc1OCc1ccccc1C#N. The van der Waals surface area contributed by atoms with Gasteiger partial charge >= 0.3 is 0 Å². The third-order valence-electron chi connectivity index (χ3n) is 2.97. The molecule has 2 aromatic rings. The molecule has 0 aromatic heterocycles. The number of nitrogens with zero attached hydrogens (tertiary/aromatic N) is 1. The van der Waals surface area contributed by atoms with Crippen molar-refractivity contribution in [1.82, 2.24) is 0 Å². The van der Waals surface area contributed by atoms with Crippen LogP contribution in [0.4, 0.5) is 0 Å². The van der Waals surface area contributed by atoms with Gasteiger partial charge < -0.3 is 15.2 Å². The summed E-state index contributed by atoms with van der Waals surface area (Å²) in [4.78, 5) is 11.1. The van der Waals surface area contributed by atoms with E-state index in [1.807, 2.05) is 12.1 Å². The van der Waals surface area contributed by atoms with Crippen LogP contribution in [-0.2, 0) is 6.61 Å². The van der Waals surface area contributed by atoms with Gasteiger partial charge in [-0.2, -0.15) is 5.26 Å². The van der Waals surface area contributed by atoms with Gasteiger partial charge in [0.05, 0.1) is 18.7 Å². The number of nitrogens with two attached hydrogens (primary N) is 1. The van der Waals surface area contributed by atoms with E-state index in [1.165, 1.54) is 13.2 Å². The summed E-state index contributed by atoms with van der Waals surface area (Å²) in [7, 11) is 1.48. The standard InChI is InChI=1S/C16H14N2O3/c1-20-15-8-11(16(18)19)6-7-14(15)21-10-13-5-3-2-4-12(13)9-17/h2-8H,10H2,1H3,(H2,18,19). The zero-order valence-electron chi connectivity index (χ0n) is 11.5. The summed E-state index contributed by atoms with van der Waals surface area (Å²) in [5.41, 5.74) is 6.90. The first-order chi connectivity index (χ1) is 10.2. The van der Waals surface area contributed by atoms with Crippen molar-refractivity contribution in [2.75, 3.05) is 7.11 Å². The number of carbonyl (C=O) groups excluding carboxylic acids is 1. The molecule has 0 unspecified atom stereocenters. The molecule has 0 heterocycles. The van der Waals surface area contributed by atoms with Crippen molar-refractivity contribution < 1.29 is 14.3 Å². The Kier molecular flexibility index (Phi) is 4.42. The van der Waals surface area contributed by atoms with Crippen LogP contribution in [-0.4, -0.2) is 13.0 Å². The zero-order chi connectivity index (χ0) is 15.2. The monoisotopic (exact) mass is 282 g/mol. The molecule has 0 aliphatic heterocycles. The first-order valence-electron chi connectivity index (χ1n) is 6.24. The highest BCUT2D eigenvalue weighted by atomic mass is 16.5. The van der Waals surface area contributed by atoms with E-state index in [0.29, 0.717) is 22.6 Å². The van der Waals surface area contributed by atoms with Crippen molar-refractivity contribution in [2.45, 2.75) is 6.61 Å². The van der Waals surface area contributed by atoms with Crippen LogP contribution in [0, 0.1) is 11.3 Å². The summed E-state index contributed by atoms with van der Waals surface area (Å²) in [6.45, 7) is 0.232. The molecule has 1 amide bonds. The molecule has 0 aliphatic carbocycles. The number of benzene rings is 2. The van der Waals surface area contributed by atoms with Crippen LogP contribution in [0.3, 0.4) is 0 Å². The average Bonchev–Trinajstić information content (AvgIpc) is 2.52. The minimum absolute atomic E-state index is 0.232. The van der Waals surface area contributed by atoms with E-state index < -0.39 is 5.91 Å². The van der Waals surface area contributed by atoms with Crippen molar-refractivity contribution in [3.05, 3.63) is 59.2 Å². The molecule has 5 heteroatoms. The Morgan fingerprint density at radius 1 is 1.24 bits per heavy atom. The molecule has 0 fully saturated rings. The first kappa shape index (κ1) is 14.4. The largest absolute Gasteiger partial charge is 0.493 e. The van der Waals surface area contributed by atoms with E-state index in [9.17, 15) is 4.79 Å². The van der Waals surface area contributed by atoms with Crippen LogP contribution < -0.4 is 15.2 Å². The number of carbonyl (C=O) groups is 1. The van der Waals surface area contributed by atoms with E-state index in [2.05, 4.69) is 6.07 Å². The number of nitriles is 1. The van der Waals surface area contributed by atoms with E-state index in [-0.39, 0.29) is 6.61 Å². The van der Waals surface area contributed by atoms with Crippen molar-refractivity contribution >= 4 is 5.91 Å². The highest BCUT2D eigenvalue weighted by Crippen LogP contribution is 2.29. The maximum atomic E-state index is 11.1. The van der Waals surface area contributed by atoms with E-state index in [0.717, 1.165) is 5.56 Å². The average molecular weight is 282 g/mol. The van der Waals surface area contributed by atoms with Crippen molar-refractivity contribution in [3.63, 3.8) is 0 Å². The molecule has 0 radical (unpaired) electrons. The number of ether oxygens (including phenoxy) is 2. The van der Waals surface area contributed by atoms with Gasteiger partial charge in [-0.15, -0.1) is 0 Å². The molecule has 0 saturated carbocycles. The Morgan fingerprint density at radius 3 is 2.67 bits per heavy atom. The van der Waals surface area contributed by atoms with E-state index in [4.69, 9.17) is 20.5 Å². The smallest absolute Gasteiger partial charge is 0.248 e. The molecule has 106 valence electrons. The number of hydrogen-bond acceptors (Lipinski definition) is 4. The van der Waals surface area contributed by atoms with E-state index >= 15 is 0 Å². The van der Waals surface area contributed by atoms with Gasteiger partial charge in [0.25, 0.3) is 0 Å². The molecule has 0 saturated heterocycles. The molecule has 0 bridgehead atoms. The summed E-state index contributed by atoms with van der Waals surface area (Å²) in [5.74, 6) is 0.366. The van der Waals surface area contributed by atoms with Gasteiger partial charge in [0.15, 0.2) is 11.5 Å². The topological polar surface area (TPSA) is 85.3 Å². The van der Waals surface area contributed by atoms with E-state index in [1.54, 1.807) is 24.3 Å². The Balaban J connectivity index is 2.20. The lowest BCUT2D eigenvalue weighted by Crippen LogP contribution is -2.11. The normalized spacial score (nSPS) is 9.71. The summed E-state index contributed by atoms with van der Waals surface area (Å²) < 4.78 is 10.8. The molecule has 0 spiro atoms. The Labute approximate surface area is 122 Å². The van der Waals surface area contributed by atoms with Gasteiger partial charge in [-0.25, -0.2) is 0 Å². The number of methoxy groups -OCH3 is 1. The molecule has 2 aromatic carbocycles. The number of rotatable bonds is 5. The second kappa shape index (κ2) is 6.44. The van der Waals surface area contributed by atoms with Crippen LogP contribution in [0.25, 0.3) is 0 Å². The van der Waals surface area contributed by atoms with Gasteiger partial charge in [-0.05, 0) is 24.3 Å². The number of hydrogen-bond donors (Lipinski definition) is 1. The number of amides is 1. The lowest BCUT2D eigenvalue weighted by atomic mass is 10.1. The van der Waals surface area contributed by atoms with Crippen LogP contribution in [0.15, 0.2) is 42.5 Å². The van der Waals surface area contributed by atoms with Gasteiger partial charge in [-0.3, -0.25) is 4.79 Å². The molecule has 0 aliphatic rings. The van der Waals surface area contributed by atoms with Gasteiger partial charge in [-0.1, -0.05) is 18.2 Å². The second-order valence-corrected chi connectivity index (χ2v) is 4.29. The highest BCUT2D eigenvalue weighted by molar-refractivity contribution is 5.93. The van der Waals surface area contributed by atoms with Crippen LogP contribution in [0.5, 0.6) is 11.5 Å². The highest BCUT2D eigenvalue weighted by Gasteiger charge is 2.10. The third-order valence-corrected chi connectivity index (χ3v) is 2.97. The van der Waals surface area contributed by atoms with Crippen molar-refractivity contribution in [3.8, 4) is 17.6 Å². The second-order valence-electron chi connectivity index (χ2n) is 4.29. The quantitative estimate of drug-likeness (QED) is 0.911. The van der Waals surface area contributed by atoms with Crippen LogP contribution >= 0.6 is 0 Å². The fourth-order valence-electron chi connectivity index (χ4n) is 1.85. The zero-order valence-corrected chi connectivity index (χ0v) is 11.5. The Hall–Kier alpha value is -3.00. The predicted molar refractivity (Wildman–Crippen MR) is 77.0 cm³/mol. The minimum atomic E-state index is -0.533. The maximum Gasteiger partial charge on any atom is 0.248 e. The van der Waals surface area contributed by atoms with Gasteiger partial charge in [0, 0.05) is 11.1 Å². The summed E-state index contributed by atoms with van der Waals surface area (Å²) >= 11 is 0. The molecule has 2 rings (SSSR count). The van der Waals surface area contributed by atoms with Crippen molar-refractivity contribution in [1.29, 1.82) is 5.26 Å². The molecular formula is C16H14N2O3. The lowest BCUT2D eigenvalue weighted by molar-refractivity contribution is 0.1000. The maximum absolute atomic E-state index is 11.1. The summed E-state index contributed by atoms with van der Waals surface area (Å²) in [6.07, 6.45) is 0. The molecule has 5 nitrogen and oxygen atoms in total. The molecule has 0 atom stereocenters. The Bertz CT molecular complexity index is 705. The fraction of sp³-hybridized carbons (Fsp3) is 0.125. The summed E-state index contributed by atoms with van der Waals surface area (Å²) in [5, 5.41) is 9.03. The lowest BCUT2D eigenvalue weighted by Gasteiger charge is -2.12. The fourth-order valence-corrected chi connectivity index (χ4v) is 1.85. The third kappa shape index (κ3) is 3.31. The molecule has 2 N–H and O–H groups in total. The van der Waals surface area contributed by atoms with Crippen LogP contribution in [0.1, 0.15) is 21.5 Å². The minimum Gasteiger partial charge on any atom is -0.493 e.